The summed E-state index contributed by atoms with van der Waals surface area (Å²) >= 11 is 5.70. The van der Waals surface area contributed by atoms with Gasteiger partial charge in [-0.1, -0.05) is 11.6 Å². The van der Waals surface area contributed by atoms with E-state index in [1.807, 2.05) is 0 Å². The second-order valence-electron chi connectivity index (χ2n) is 5.38. The van der Waals surface area contributed by atoms with Gasteiger partial charge in [-0.2, -0.15) is 26.3 Å². The number of fused-ring (bicyclic) bond motifs is 1. The van der Waals surface area contributed by atoms with Crippen LogP contribution in [0.2, 0.25) is 5.02 Å². The van der Waals surface area contributed by atoms with E-state index in [2.05, 4.69) is 35.1 Å². The summed E-state index contributed by atoms with van der Waals surface area (Å²) in [4.78, 5) is 17.1. The maximum atomic E-state index is 13.1. The molecule has 2 N–H and O–H groups in total. The van der Waals surface area contributed by atoms with Crippen LogP contribution in [-0.2, 0) is 12.4 Å². The van der Waals surface area contributed by atoms with Crippen molar-refractivity contribution >= 4 is 17.4 Å². The van der Waals surface area contributed by atoms with Crippen molar-refractivity contribution in [2.75, 3.05) is 0 Å². The minimum absolute atomic E-state index is 0.0421. The van der Waals surface area contributed by atoms with Crippen molar-refractivity contribution in [3.05, 3.63) is 35.3 Å². The first kappa shape index (κ1) is 18.2. The third kappa shape index (κ3) is 2.94. The SMILES string of the molecule is FC(F)(F)c1n[nH]c(-c2nc3nc(C(F)(F)F)c(Cl)cn3c2-c2cnc[nH]2)n1. The van der Waals surface area contributed by atoms with Gasteiger partial charge < -0.3 is 4.98 Å². The number of imidazole rings is 2. The van der Waals surface area contributed by atoms with Crippen molar-refractivity contribution < 1.29 is 26.3 Å². The molecule has 0 amide bonds. The molecular weight excluding hydrogens is 418 g/mol. The van der Waals surface area contributed by atoms with Crippen molar-refractivity contribution in [3.8, 4) is 22.9 Å². The van der Waals surface area contributed by atoms with E-state index < -0.39 is 40.5 Å². The topological polar surface area (TPSA) is 100 Å². The second-order valence-corrected chi connectivity index (χ2v) is 5.79. The molecule has 4 aromatic rings. The Morgan fingerprint density at radius 3 is 2.32 bits per heavy atom. The first-order valence-electron chi connectivity index (χ1n) is 7.20. The highest BCUT2D eigenvalue weighted by atomic mass is 35.5. The van der Waals surface area contributed by atoms with E-state index in [1.54, 1.807) is 0 Å². The fourth-order valence-corrected chi connectivity index (χ4v) is 2.70. The van der Waals surface area contributed by atoms with Crippen LogP contribution in [-0.4, -0.2) is 39.5 Å². The van der Waals surface area contributed by atoms with Crippen molar-refractivity contribution in [2.24, 2.45) is 0 Å². The minimum atomic E-state index is -4.85. The summed E-state index contributed by atoms with van der Waals surface area (Å²) in [5.41, 5.74) is -1.34. The molecule has 4 aromatic heterocycles. The smallest absolute Gasteiger partial charge is 0.343 e. The van der Waals surface area contributed by atoms with Crippen molar-refractivity contribution in [2.45, 2.75) is 12.4 Å². The lowest BCUT2D eigenvalue weighted by molar-refractivity contribution is -0.144. The zero-order valence-corrected chi connectivity index (χ0v) is 13.8. The van der Waals surface area contributed by atoms with Gasteiger partial charge in [0.05, 0.1) is 23.2 Å². The number of nitrogens with one attached hydrogen (secondary N) is 2. The number of alkyl halides is 6. The lowest BCUT2D eigenvalue weighted by atomic mass is 10.2. The molecule has 0 saturated carbocycles. The Labute approximate surface area is 154 Å². The molecule has 15 heteroatoms. The number of nitrogens with zero attached hydrogens (tertiary/aromatic N) is 6. The molecule has 28 heavy (non-hydrogen) atoms. The van der Waals surface area contributed by atoms with E-state index in [0.717, 1.165) is 10.6 Å². The average molecular weight is 423 g/mol. The van der Waals surface area contributed by atoms with Crippen LogP contribution in [0.15, 0.2) is 18.7 Å². The van der Waals surface area contributed by atoms with Gasteiger partial charge in [0.25, 0.3) is 5.82 Å². The third-order valence-corrected chi connectivity index (χ3v) is 3.83. The first-order valence-corrected chi connectivity index (χ1v) is 7.58. The maximum absolute atomic E-state index is 13.1. The molecule has 0 unspecified atom stereocenters. The van der Waals surface area contributed by atoms with Crippen LogP contribution in [0, 0.1) is 0 Å². The molecular formula is C13H5ClF6N8. The summed E-state index contributed by atoms with van der Waals surface area (Å²) in [6, 6.07) is 0. The summed E-state index contributed by atoms with van der Waals surface area (Å²) in [6.45, 7) is 0. The molecule has 0 atom stereocenters. The maximum Gasteiger partial charge on any atom is 0.453 e. The lowest BCUT2D eigenvalue weighted by Crippen LogP contribution is -2.10. The zero-order chi connectivity index (χ0) is 20.3. The number of rotatable bonds is 2. The first-order chi connectivity index (χ1) is 13.1. The molecule has 0 fully saturated rings. The van der Waals surface area contributed by atoms with Crippen molar-refractivity contribution in [1.82, 2.24) is 39.5 Å². The summed E-state index contributed by atoms with van der Waals surface area (Å²) in [5, 5.41) is 4.42. The van der Waals surface area contributed by atoms with Gasteiger partial charge >= 0.3 is 12.4 Å². The molecule has 0 aliphatic carbocycles. The van der Waals surface area contributed by atoms with Gasteiger partial charge in [0.1, 0.15) is 11.4 Å². The highest BCUT2D eigenvalue weighted by molar-refractivity contribution is 6.31. The fraction of sp³-hybridized carbons (Fsp3) is 0.154. The molecule has 4 heterocycles. The molecule has 0 aromatic carbocycles. The largest absolute Gasteiger partial charge is 0.453 e. The molecule has 0 radical (unpaired) electrons. The number of hydrogen-bond acceptors (Lipinski definition) is 5. The van der Waals surface area contributed by atoms with E-state index in [0.29, 0.717) is 0 Å². The van der Waals surface area contributed by atoms with Crippen LogP contribution >= 0.6 is 11.6 Å². The van der Waals surface area contributed by atoms with E-state index in [9.17, 15) is 26.3 Å². The van der Waals surface area contributed by atoms with E-state index in [-0.39, 0.29) is 17.1 Å². The van der Waals surface area contributed by atoms with E-state index in [4.69, 9.17) is 11.6 Å². The average Bonchev–Trinajstić information content (AvgIpc) is 3.30. The van der Waals surface area contributed by atoms with Crippen LogP contribution in [0.3, 0.4) is 0 Å². The predicted molar refractivity (Wildman–Crippen MR) is 81.0 cm³/mol. The number of aromatic nitrogens is 8. The molecule has 0 bridgehead atoms. The van der Waals surface area contributed by atoms with Crippen molar-refractivity contribution in [1.29, 1.82) is 0 Å². The molecule has 8 nitrogen and oxygen atoms in total. The highest BCUT2D eigenvalue weighted by Gasteiger charge is 2.38. The second kappa shape index (κ2) is 5.92. The molecule has 0 spiro atoms. The summed E-state index contributed by atoms with van der Waals surface area (Å²) < 4.78 is 78.6. The van der Waals surface area contributed by atoms with Gasteiger partial charge in [-0.15, -0.1) is 5.10 Å². The van der Waals surface area contributed by atoms with Gasteiger partial charge in [-0.25, -0.2) is 19.9 Å². The molecule has 0 aliphatic heterocycles. The number of H-pyrrole nitrogens is 2. The number of halogens is 7. The standard InChI is InChI=1S/C13H5ClF6N8/c14-4-2-28-7(5-1-21-3-22-5)6(9-25-10(27-26-9)13(18,19)20)23-11(28)24-8(4)12(15,16)17/h1-3H,(H,21,22)(H,25,26,27). The van der Waals surface area contributed by atoms with Crippen LogP contribution in [0.1, 0.15) is 11.5 Å². The Balaban J connectivity index is 2.00. The number of aromatic amines is 2. The van der Waals surface area contributed by atoms with Gasteiger partial charge in [-0.3, -0.25) is 9.50 Å². The Hall–Kier alpha value is -3.16. The van der Waals surface area contributed by atoms with Gasteiger partial charge in [0.15, 0.2) is 11.5 Å². The predicted octanol–water partition coefficient (Wildman–Crippen LogP) is 3.60. The summed E-state index contributed by atoms with van der Waals surface area (Å²) in [6.07, 6.45) is -6.22. The number of hydrogen-bond donors (Lipinski definition) is 2. The molecule has 0 aliphatic rings. The zero-order valence-electron chi connectivity index (χ0n) is 13.1. The Morgan fingerprint density at radius 1 is 1.00 bits per heavy atom. The Kier molecular flexibility index (Phi) is 3.85. The summed E-state index contributed by atoms with van der Waals surface area (Å²) in [7, 11) is 0. The van der Waals surface area contributed by atoms with Crippen LogP contribution < -0.4 is 0 Å². The normalized spacial score (nSPS) is 12.8. The fourth-order valence-electron chi connectivity index (χ4n) is 2.45. The van der Waals surface area contributed by atoms with Gasteiger partial charge in [0, 0.05) is 6.20 Å². The Bertz CT molecular complexity index is 1160. The monoisotopic (exact) mass is 422 g/mol. The van der Waals surface area contributed by atoms with Gasteiger partial charge in [-0.05, 0) is 0 Å². The highest BCUT2D eigenvalue weighted by Crippen LogP contribution is 2.36. The third-order valence-electron chi connectivity index (χ3n) is 3.56. The Morgan fingerprint density at radius 2 is 1.75 bits per heavy atom. The van der Waals surface area contributed by atoms with E-state index in [1.165, 1.54) is 12.5 Å². The molecule has 146 valence electrons. The van der Waals surface area contributed by atoms with Crippen LogP contribution in [0.5, 0.6) is 0 Å². The quantitative estimate of drug-likeness (QED) is 0.481. The minimum Gasteiger partial charge on any atom is -0.343 e. The van der Waals surface area contributed by atoms with Gasteiger partial charge in [0.2, 0.25) is 5.78 Å². The molecule has 0 saturated heterocycles. The van der Waals surface area contributed by atoms with Crippen LogP contribution in [0.25, 0.3) is 28.7 Å². The lowest BCUT2D eigenvalue weighted by Gasteiger charge is -2.08. The summed E-state index contributed by atoms with van der Waals surface area (Å²) in [5.74, 6) is -2.34. The molecule has 4 rings (SSSR count). The van der Waals surface area contributed by atoms with E-state index >= 15 is 0 Å². The van der Waals surface area contributed by atoms with Crippen molar-refractivity contribution in [3.63, 3.8) is 0 Å². The van der Waals surface area contributed by atoms with Crippen LogP contribution in [0.4, 0.5) is 26.3 Å².